The Labute approximate surface area is 173 Å². The Balaban J connectivity index is 1.74. The Hall–Kier alpha value is -2.42. The predicted octanol–water partition coefficient (Wildman–Crippen LogP) is 7.78. The summed E-state index contributed by atoms with van der Waals surface area (Å²) in [5, 5.41) is 0. The number of hydrogen-bond donors (Lipinski definition) is 0. The van der Waals surface area contributed by atoms with Crippen molar-refractivity contribution in [3.63, 3.8) is 0 Å². The molecule has 1 saturated heterocycles. The van der Waals surface area contributed by atoms with Crippen molar-refractivity contribution >= 4 is 5.83 Å². The molecule has 0 saturated carbocycles. The zero-order chi connectivity index (χ0) is 22.9. The first-order valence-corrected chi connectivity index (χ1v) is 9.54. The van der Waals surface area contributed by atoms with Crippen LogP contribution < -0.4 is 0 Å². The van der Waals surface area contributed by atoms with Gasteiger partial charge >= 0.3 is 6.18 Å². The van der Waals surface area contributed by atoms with Gasteiger partial charge in [-0.05, 0) is 48.6 Å². The fourth-order valence-electron chi connectivity index (χ4n) is 3.62. The molecule has 2 unspecified atom stereocenters. The molecule has 31 heavy (non-hydrogen) atoms. The second-order valence-corrected chi connectivity index (χ2v) is 7.26. The van der Waals surface area contributed by atoms with E-state index in [2.05, 4.69) is 0 Å². The number of alkyl halides is 3. The van der Waals surface area contributed by atoms with Gasteiger partial charge in [-0.25, -0.2) is 22.0 Å². The van der Waals surface area contributed by atoms with E-state index in [9.17, 15) is 35.1 Å². The van der Waals surface area contributed by atoms with E-state index in [0.717, 1.165) is 6.07 Å². The first-order valence-electron chi connectivity index (χ1n) is 9.54. The maximum atomic E-state index is 14.5. The quantitative estimate of drug-likeness (QED) is 0.433. The van der Waals surface area contributed by atoms with Crippen LogP contribution in [-0.4, -0.2) is 6.61 Å². The van der Waals surface area contributed by atoms with Gasteiger partial charge in [0.2, 0.25) is 0 Å². The van der Waals surface area contributed by atoms with E-state index < -0.39 is 52.9 Å². The molecule has 2 aromatic carbocycles. The molecular formula is C22H18F8O. The minimum absolute atomic E-state index is 0.0627. The van der Waals surface area contributed by atoms with Crippen LogP contribution in [0.15, 0.2) is 36.2 Å². The summed E-state index contributed by atoms with van der Waals surface area (Å²) < 4.78 is 113. The monoisotopic (exact) mass is 450 g/mol. The molecule has 1 nitrogen and oxygen atoms in total. The molecule has 9 heteroatoms. The van der Waals surface area contributed by atoms with Crippen molar-refractivity contribution in [2.45, 2.75) is 44.4 Å². The number of benzene rings is 2. The van der Waals surface area contributed by atoms with Gasteiger partial charge in [0.05, 0.1) is 12.7 Å². The van der Waals surface area contributed by atoms with Crippen molar-refractivity contribution < 1.29 is 39.9 Å². The molecule has 0 aromatic heterocycles. The van der Waals surface area contributed by atoms with E-state index in [0.29, 0.717) is 18.6 Å². The van der Waals surface area contributed by atoms with Crippen molar-refractivity contribution in [1.29, 1.82) is 0 Å². The van der Waals surface area contributed by atoms with Gasteiger partial charge in [0.15, 0.2) is 5.83 Å². The lowest BCUT2D eigenvalue weighted by molar-refractivity contribution is -0.142. The third-order valence-electron chi connectivity index (χ3n) is 5.24. The normalized spacial score (nSPS) is 20.5. The molecule has 3 rings (SSSR count). The van der Waals surface area contributed by atoms with Gasteiger partial charge in [-0.3, -0.25) is 0 Å². The smallest absolute Gasteiger partial charge is 0.373 e. The molecule has 1 aliphatic rings. The summed E-state index contributed by atoms with van der Waals surface area (Å²) in [6.07, 6.45) is -5.70. The highest BCUT2D eigenvalue weighted by molar-refractivity contribution is 5.61. The van der Waals surface area contributed by atoms with Crippen molar-refractivity contribution in [1.82, 2.24) is 0 Å². The van der Waals surface area contributed by atoms with Crippen LogP contribution in [0.4, 0.5) is 35.1 Å². The average molecular weight is 450 g/mol. The zero-order valence-electron chi connectivity index (χ0n) is 16.3. The summed E-state index contributed by atoms with van der Waals surface area (Å²) in [5.74, 6) is -6.81. The number of allylic oxidation sites excluding steroid dienone is 1. The molecule has 2 aromatic rings. The summed E-state index contributed by atoms with van der Waals surface area (Å²) in [5.41, 5.74) is -2.07. The van der Waals surface area contributed by atoms with Crippen molar-refractivity contribution in [3.8, 4) is 0 Å². The summed E-state index contributed by atoms with van der Waals surface area (Å²) in [4.78, 5) is 0. The van der Waals surface area contributed by atoms with Gasteiger partial charge in [0.25, 0.3) is 0 Å². The van der Waals surface area contributed by atoms with Crippen LogP contribution in [0, 0.1) is 17.5 Å². The van der Waals surface area contributed by atoms with Gasteiger partial charge in [-0.2, -0.15) is 13.2 Å². The zero-order valence-corrected chi connectivity index (χ0v) is 16.3. The second-order valence-electron chi connectivity index (χ2n) is 7.26. The highest BCUT2D eigenvalue weighted by Gasteiger charge is 2.38. The minimum atomic E-state index is -5.16. The Morgan fingerprint density at radius 2 is 1.61 bits per heavy atom. The Morgan fingerprint density at radius 3 is 2.10 bits per heavy atom. The highest BCUT2D eigenvalue weighted by Crippen LogP contribution is 2.40. The van der Waals surface area contributed by atoms with Gasteiger partial charge < -0.3 is 4.74 Å². The van der Waals surface area contributed by atoms with Crippen LogP contribution >= 0.6 is 0 Å². The number of rotatable bonds is 4. The lowest BCUT2D eigenvalue weighted by Gasteiger charge is -2.30. The topological polar surface area (TPSA) is 9.23 Å². The van der Waals surface area contributed by atoms with E-state index in [1.54, 1.807) is 0 Å². The van der Waals surface area contributed by atoms with Crippen LogP contribution in [0.1, 0.15) is 60.5 Å². The molecular weight excluding hydrogens is 432 g/mol. The first kappa shape index (κ1) is 23.2. The van der Waals surface area contributed by atoms with Crippen LogP contribution in [0.2, 0.25) is 0 Å². The predicted molar refractivity (Wildman–Crippen MR) is 97.9 cm³/mol. The molecule has 0 radical (unpaired) electrons. The van der Waals surface area contributed by atoms with Crippen LogP contribution in [0.25, 0.3) is 5.83 Å². The van der Waals surface area contributed by atoms with Crippen molar-refractivity contribution in [2.75, 3.05) is 6.61 Å². The molecule has 0 spiro atoms. The van der Waals surface area contributed by atoms with Crippen LogP contribution in [0.3, 0.4) is 0 Å². The summed E-state index contributed by atoms with van der Waals surface area (Å²) >= 11 is 0. The highest BCUT2D eigenvalue weighted by atomic mass is 19.4. The third kappa shape index (κ3) is 4.92. The second kappa shape index (κ2) is 8.98. The number of hydrogen-bond acceptors (Lipinski definition) is 1. The third-order valence-corrected chi connectivity index (χ3v) is 5.24. The van der Waals surface area contributed by atoms with Crippen molar-refractivity contribution in [3.05, 3.63) is 75.9 Å². The maximum absolute atomic E-state index is 14.5. The van der Waals surface area contributed by atoms with E-state index in [4.69, 9.17) is 4.74 Å². The molecule has 1 fully saturated rings. The lowest BCUT2D eigenvalue weighted by atomic mass is 9.88. The Bertz CT molecular complexity index is 964. The summed E-state index contributed by atoms with van der Waals surface area (Å²) in [6, 6.07) is 4.62. The van der Waals surface area contributed by atoms with Gasteiger partial charge in [0.1, 0.15) is 28.8 Å². The molecule has 2 atom stereocenters. The number of halogens is 8. The molecule has 0 aliphatic carbocycles. The van der Waals surface area contributed by atoms with Crippen molar-refractivity contribution in [2.24, 2.45) is 0 Å². The largest absolute Gasteiger partial charge is 0.422 e. The fraction of sp³-hybridized carbons (Fsp3) is 0.364. The molecule has 0 N–H and O–H groups in total. The first-order chi connectivity index (χ1) is 14.5. The Morgan fingerprint density at radius 1 is 0.968 bits per heavy atom. The SMILES string of the molecule is CCC(F)=C(F)c1ccc(C2CCC(c3cc(F)c(C(F)(F)F)c(F)c3)OC2)c(F)c1. The van der Waals surface area contributed by atoms with Gasteiger partial charge in [-0.15, -0.1) is 0 Å². The van der Waals surface area contributed by atoms with E-state index in [-0.39, 0.29) is 36.1 Å². The number of ether oxygens (including phenoxy) is 1. The maximum Gasteiger partial charge on any atom is 0.422 e. The molecule has 0 amide bonds. The molecule has 0 bridgehead atoms. The van der Waals surface area contributed by atoms with E-state index in [1.165, 1.54) is 19.1 Å². The van der Waals surface area contributed by atoms with Gasteiger partial charge in [0, 0.05) is 11.5 Å². The standard InChI is InChI=1S/C22H18F8O/c1-2-15(23)21(27)11-3-5-14(16(24)7-11)12-4-6-19(31-10-12)13-8-17(25)20(18(26)9-13)22(28,29)30/h3,5,7-9,12,19H,2,4,6,10H2,1H3. The molecule has 1 aliphatic heterocycles. The Kier molecular flexibility index (Phi) is 6.73. The minimum Gasteiger partial charge on any atom is -0.373 e. The van der Waals surface area contributed by atoms with Gasteiger partial charge in [-0.1, -0.05) is 19.1 Å². The summed E-state index contributed by atoms with van der Waals surface area (Å²) in [7, 11) is 0. The van der Waals surface area contributed by atoms with Crippen LogP contribution in [0.5, 0.6) is 0 Å². The average Bonchev–Trinajstić information content (AvgIpc) is 2.71. The lowest BCUT2D eigenvalue weighted by Crippen LogP contribution is -2.21. The molecule has 1 heterocycles. The summed E-state index contributed by atoms with van der Waals surface area (Å²) in [6.45, 7) is 1.36. The van der Waals surface area contributed by atoms with Crippen LogP contribution in [-0.2, 0) is 10.9 Å². The van der Waals surface area contributed by atoms with E-state index >= 15 is 0 Å². The van der Waals surface area contributed by atoms with E-state index in [1.807, 2.05) is 0 Å². The fourth-order valence-corrected chi connectivity index (χ4v) is 3.62. The molecule has 168 valence electrons.